The Morgan fingerprint density at radius 2 is 1.79 bits per heavy atom. The predicted molar refractivity (Wildman–Crippen MR) is 107 cm³/mol. The SMILES string of the molecule is O=C(C1CC1)N(c1ccc(-c2ccccc2Cl)nc1)c1ccc2c(c1)OCO2. The molecule has 0 atom stereocenters. The molecule has 140 valence electrons. The number of fused-ring (bicyclic) bond motifs is 1. The fourth-order valence-corrected chi connectivity index (χ4v) is 3.52. The van der Waals surface area contributed by atoms with Gasteiger partial charge in [0.25, 0.3) is 0 Å². The van der Waals surface area contributed by atoms with E-state index in [0.29, 0.717) is 22.2 Å². The number of rotatable bonds is 4. The maximum absolute atomic E-state index is 13.0. The molecule has 0 N–H and O–H groups in total. The highest BCUT2D eigenvalue weighted by Crippen LogP contribution is 2.41. The van der Waals surface area contributed by atoms with Crippen LogP contribution in [0.15, 0.2) is 60.8 Å². The van der Waals surface area contributed by atoms with Crippen molar-refractivity contribution in [3.8, 4) is 22.8 Å². The number of anilines is 2. The van der Waals surface area contributed by atoms with Crippen LogP contribution < -0.4 is 14.4 Å². The Labute approximate surface area is 167 Å². The number of halogens is 1. The Balaban J connectivity index is 1.53. The van der Waals surface area contributed by atoms with Gasteiger partial charge in [-0.1, -0.05) is 29.8 Å². The van der Waals surface area contributed by atoms with Crippen molar-refractivity contribution in [3.05, 3.63) is 65.8 Å². The number of hydrogen-bond acceptors (Lipinski definition) is 4. The highest BCUT2D eigenvalue weighted by Gasteiger charge is 2.35. The minimum atomic E-state index is 0.0636. The maximum Gasteiger partial charge on any atom is 0.234 e. The largest absolute Gasteiger partial charge is 0.454 e. The van der Waals surface area contributed by atoms with E-state index < -0.39 is 0 Å². The summed E-state index contributed by atoms with van der Waals surface area (Å²) in [7, 11) is 0. The second-order valence-corrected chi connectivity index (χ2v) is 7.27. The second kappa shape index (κ2) is 6.84. The van der Waals surface area contributed by atoms with Crippen molar-refractivity contribution in [2.24, 2.45) is 5.92 Å². The van der Waals surface area contributed by atoms with Crippen LogP contribution in [0.3, 0.4) is 0 Å². The third kappa shape index (κ3) is 3.08. The number of carbonyl (C=O) groups excluding carboxylic acids is 1. The molecule has 1 aliphatic carbocycles. The van der Waals surface area contributed by atoms with E-state index in [9.17, 15) is 4.79 Å². The van der Waals surface area contributed by atoms with Gasteiger partial charge in [0.05, 0.1) is 23.3 Å². The lowest BCUT2D eigenvalue weighted by Crippen LogP contribution is -2.27. The number of nitrogens with zero attached hydrogens (tertiary/aromatic N) is 2. The average molecular weight is 393 g/mol. The number of benzene rings is 2. The van der Waals surface area contributed by atoms with Gasteiger partial charge >= 0.3 is 0 Å². The number of aromatic nitrogens is 1. The fraction of sp³-hybridized carbons (Fsp3) is 0.182. The lowest BCUT2D eigenvalue weighted by molar-refractivity contribution is -0.119. The van der Waals surface area contributed by atoms with E-state index in [0.717, 1.165) is 29.8 Å². The molecular formula is C22H17ClN2O3. The fourth-order valence-electron chi connectivity index (χ4n) is 3.29. The van der Waals surface area contributed by atoms with Crippen molar-refractivity contribution >= 4 is 28.9 Å². The van der Waals surface area contributed by atoms with Crippen LogP contribution in [0.25, 0.3) is 11.3 Å². The molecule has 0 radical (unpaired) electrons. The van der Waals surface area contributed by atoms with Gasteiger partial charge in [0.15, 0.2) is 11.5 Å². The van der Waals surface area contributed by atoms with Crippen molar-refractivity contribution in [2.75, 3.05) is 11.7 Å². The van der Waals surface area contributed by atoms with E-state index in [1.807, 2.05) is 54.6 Å². The molecule has 5 nitrogen and oxygen atoms in total. The smallest absolute Gasteiger partial charge is 0.234 e. The van der Waals surface area contributed by atoms with Gasteiger partial charge in [-0.15, -0.1) is 0 Å². The zero-order valence-electron chi connectivity index (χ0n) is 15.0. The summed E-state index contributed by atoms with van der Waals surface area (Å²) in [4.78, 5) is 19.3. The lowest BCUT2D eigenvalue weighted by atomic mass is 10.1. The molecule has 0 spiro atoms. The molecule has 0 unspecified atom stereocenters. The van der Waals surface area contributed by atoms with Gasteiger partial charge in [0, 0.05) is 22.6 Å². The standard InChI is InChI=1S/C22H17ClN2O3/c23-18-4-2-1-3-17(18)19-9-7-16(12-24-19)25(22(26)14-5-6-14)15-8-10-20-21(11-15)28-13-27-20/h1-4,7-12,14H,5-6,13H2. The zero-order valence-corrected chi connectivity index (χ0v) is 15.7. The Bertz CT molecular complexity index is 1050. The van der Waals surface area contributed by atoms with Crippen LogP contribution in [-0.4, -0.2) is 17.7 Å². The van der Waals surface area contributed by atoms with Crippen LogP contribution in [0.2, 0.25) is 5.02 Å². The summed E-state index contributed by atoms with van der Waals surface area (Å²) in [5, 5.41) is 0.643. The maximum atomic E-state index is 13.0. The molecule has 0 saturated heterocycles. The van der Waals surface area contributed by atoms with Crippen molar-refractivity contribution in [2.45, 2.75) is 12.8 Å². The van der Waals surface area contributed by atoms with E-state index >= 15 is 0 Å². The van der Waals surface area contributed by atoms with Crippen LogP contribution in [0.1, 0.15) is 12.8 Å². The Morgan fingerprint density at radius 1 is 1.00 bits per heavy atom. The van der Waals surface area contributed by atoms with E-state index in [1.165, 1.54) is 0 Å². The molecule has 0 bridgehead atoms. The highest BCUT2D eigenvalue weighted by atomic mass is 35.5. The third-order valence-electron chi connectivity index (χ3n) is 4.92. The van der Waals surface area contributed by atoms with E-state index in [1.54, 1.807) is 11.1 Å². The van der Waals surface area contributed by atoms with Crippen molar-refractivity contribution in [1.82, 2.24) is 4.98 Å². The Hall–Kier alpha value is -3.05. The molecule has 5 rings (SSSR count). The molecule has 3 aromatic rings. The zero-order chi connectivity index (χ0) is 19.1. The van der Waals surface area contributed by atoms with Crippen LogP contribution in [0.4, 0.5) is 11.4 Å². The molecule has 1 saturated carbocycles. The number of ether oxygens (including phenoxy) is 2. The van der Waals surface area contributed by atoms with Gasteiger partial charge in [-0.25, -0.2) is 0 Å². The first-order valence-electron chi connectivity index (χ1n) is 9.15. The summed E-state index contributed by atoms with van der Waals surface area (Å²) in [5.74, 6) is 1.47. The van der Waals surface area contributed by atoms with Crippen molar-refractivity contribution < 1.29 is 14.3 Å². The summed E-state index contributed by atoms with van der Waals surface area (Å²) in [5.41, 5.74) is 3.08. The molecule has 1 aromatic heterocycles. The first kappa shape index (κ1) is 17.1. The van der Waals surface area contributed by atoms with Gasteiger partial charge in [0.2, 0.25) is 12.7 Å². The Kier molecular flexibility index (Phi) is 4.17. The van der Waals surface area contributed by atoms with Crippen LogP contribution in [0, 0.1) is 5.92 Å². The minimum absolute atomic E-state index is 0.0636. The van der Waals surface area contributed by atoms with E-state index in [-0.39, 0.29) is 18.6 Å². The molecule has 28 heavy (non-hydrogen) atoms. The predicted octanol–water partition coefficient (Wildman–Crippen LogP) is 5.21. The number of hydrogen-bond donors (Lipinski definition) is 0. The molecule has 2 heterocycles. The first-order valence-corrected chi connectivity index (χ1v) is 9.53. The summed E-state index contributed by atoms with van der Waals surface area (Å²) >= 11 is 6.28. The van der Waals surface area contributed by atoms with Crippen molar-refractivity contribution in [3.63, 3.8) is 0 Å². The number of carbonyl (C=O) groups is 1. The first-order chi connectivity index (χ1) is 13.7. The van der Waals surface area contributed by atoms with Gasteiger partial charge in [-0.2, -0.15) is 0 Å². The Morgan fingerprint density at radius 3 is 2.54 bits per heavy atom. The van der Waals surface area contributed by atoms with Gasteiger partial charge in [-0.05, 0) is 43.2 Å². The third-order valence-corrected chi connectivity index (χ3v) is 5.25. The van der Waals surface area contributed by atoms with Gasteiger partial charge < -0.3 is 9.47 Å². The second-order valence-electron chi connectivity index (χ2n) is 6.87. The summed E-state index contributed by atoms with van der Waals surface area (Å²) < 4.78 is 10.9. The average Bonchev–Trinajstić information content (AvgIpc) is 3.47. The van der Waals surface area contributed by atoms with Gasteiger partial charge in [-0.3, -0.25) is 14.7 Å². The quantitative estimate of drug-likeness (QED) is 0.612. The lowest BCUT2D eigenvalue weighted by Gasteiger charge is -2.23. The molecule has 1 fully saturated rings. The van der Waals surface area contributed by atoms with E-state index in [4.69, 9.17) is 21.1 Å². The van der Waals surface area contributed by atoms with Gasteiger partial charge in [0.1, 0.15) is 0 Å². The monoisotopic (exact) mass is 392 g/mol. The van der Waals surface area contributed by atoms with E-state index in [2.05, 4.69) is 4.98 Å². The molecule has 6 heteroatoms. The molecule has 2 aromatic carbocycles. The van der Waals surface area contributed by atoms with Crippen molar-refractivity contribution in [1.29, 1.82) is 0 Å². The van der Waals surface area contributed by atoms with Crippen LogP contribution in [0.5, 0.6) is 11.5 Å². The number of amides is 1. The summed E-state index contributed by atoms with van der Waals surface area (Å²) in [6.07, 6.45) is 3.56. The minimum Gasteiger partial charge on any atom is -0.454 e. The molecule has 1 aliphatic heterocycles. The normalized spacial score (nSPS) is 14.8. The van der Waals surface area contributed by atoms with Crippen LogP contribution in [-0.2, 0) is 4.79 Å². The summed E-state index contributed by atoms with van der Waals surface area (Å²) in [6.45, 7) is 0.198. The molecular weight excluding hydrogens is 376 g/mol. The number of pyridine rings is 1. The molecule has 2 aliphatic rings. The topological polar surface area (TPSA) is 51.7 Å². The summed E-state index contributed by atoms with van der Waals surface area (Å²) in [6, 6.07) is 16.9. The molecule has 1 amide bonds. The van der Waals surface area contributed by atoms with Crippen LogP contribution >= 0.6 is 11.6 Å². The highest BCUT2D eigenvalue weighted by molar-refractivity contribution is 6.33.